The van der Waals surface area contributed by atoms with E-state index in [2.05, 4.69) is 0 Å². The summed E-state index contributed by atoms with van der Waals surface area (Å²) < 4.78 is 0. The van der Waals surface area contributed by atoms with Crippen molar-refractivity contribution >= 4 is 11.9 Å². The van der Waals surface area contributed by atoms with Gasteiger partial charge in [0.1, 0.15) is 0 Å². The van der Waals surface area contributed by atoms with Crippen molar-refractivity contribution in [1.82, 2.24) is 5.32 Å². The number of hydrogen-bond acceptors (Lipinski definition) is 5. The molecule has 64 valence electrons. The van der Waals surface area contributed by atoms with Crippen LogP contribution in [0.15, 0.2) is 0 Å². The smallest absolute Gasteiger partial charge is 0.387 e. The first kappa shape index (κ1) is 9.82. The molecule has 6 N–H and O–H groups in total. The van der Waals surface area contributed by atoms with Gasteiger partial charge in [-0.05, 0) is 0 Å². The van der Waals surface area contributed by atoms with E-state index in [0.717, 1.165) is 0 Å². The Morgan fingerprint density at radius 3 is 2.18 bits per heavy atom. The molecular formula is C4H8N2O5. The number of aliphatic hydroxyl groups is 2. The first-order valence-corrected chi connectivity index (χ1v) is 2.59. The maximum absolute atomic E-state index is 10.3. The number of carbonyl (C=O) groups is 2. The Balaban J connectivity index is 4.12. The van der Waals surface area contributed by atoms with Gasteiger partial charge in [0, 0.05) is 0 Å². The van der Waals surface area contributed by atoms with Crippen molar-refractivity contribution < 1.29 is 24.9 Å². The van der Waals surface area contributed by atoms with Gasteiger partial charge in [-0.2, -0.15) is 0 Å². The lowest BCUT2D eigenvalue weighted by atomic mass is 10.4. The number of nitrogens with one attached hydrogen (secondary N) is 1. The van der Waals surface area contributed by atoms with Crippen molar-refractivity contribution in [1.29, 1.82) is 0 Å². The highest BCUT2D eigenvalue weighted by Crippen LogP contribution is 1.91. The minimum atomic E-state index is -3.24. The molecule has 0 spiro atoms. The fourth-order valence-corrected chi connectivity index (χ4v) is 0.299. The van der Waals surface area contributed by atoms with Crippen molar-refractivity contribution in [3.8, 4) is 0 Å². The van der Waals surface area contributed by atoms with Crippen LogP contribution in [0.5, 0.6) is 0 Å². The second kappa shape index (κ2) is 3.28. The molecule has 0 aromatic heterocycles. The fourth-order valence-electron chi connectivity index (χ4n) is 0.299. The molecule has 0 fully saturated rings. The second-order valence-corrected chi connectivity index (χ2v) is 1.73. The molecular weight excluding hydrogens is 156 g/mol. The Labute approximate surface area is 61.4 Å². The van der Waals surface area contributed by atoms with E-state index in [-0.39, 0.29) is 0 Å². The zero-order valence-corrected chi connectivity index (χ0v) is 5.44. The Morgan fingerprint density at radius 2 is 1.91 bits per heavy atom. The normalized spacial score (nSPS) is 10.8. The summed E-state index contributed by atoms with van der Waals surface area (Å²) in [6.07, 6.45) is 0. The largest absolute Gasteiger partial charge is 0.476 e. The quantitative estimate of drug-likeness (QED) is 0.279. The van der Waals surface area contributed by atoms with E-state index in [4.69, 9.17) is 21.1 Å². The Bertz CT molecular complexity index is 177. The Kier molecular flexibility index (Phi) is 2.93. The molecule has 0 radical (unpaired) electrons. The molecule has 0 bridgehead atoms. The van der Waals surface area contributed by atoms with Crippen LogP contribution >= 0.6 is 0 Å². The highest BCUT2D eigenvalue weighted by molar-refractivity contribution is 5.84. The maximum atomic E-state index is 10.3. The minimum absolute atomic E-state index is 0.518. The minimum Gasteiger partial charge on any atom is -0.476 e. The number of aliphatic carboxylic acids is 1. The van der Waals surface area contributed by atoms with Gasteiger partial charge in [0.15, 0.2) is 0 Å². The summed E-state index contributed by atoms with van der Waals surface area (Å²) in [4.78, 5) is 20.2. The van der Waals surface area contributed by atoms with Crippen LogP contribution in [0.3, 0.4) is 0 Å². The lowest BCUT2D eigenvalue weighted by molar-refractivity contribution is -0.215. The van der Waals surface area contributed by atoms with Gasteiger partial charge in [-0.3, -0.25) is 10.1 Å². The predicted molar refractivity (Wildman–Crippen MR) is 32.0 cm³/mol. The summed E-state index contributed by atoms with van der Waals surface area (Å²) in [5.74, 6) is -6.19. The summed E-state index contributed by atoms with van der Waals surface area (Å²) in [5, 5.41) is 26.3. The first-order valence-electron chi connectivity index (χ1n) is 2.59. The second-order valence-electron chi connectivity index (χ2n) is 1.73. The molecule has 11 heavy (non-hydrogen) atoms. The molecule has 1 amide bonds. The third-order valence-corrected chi connectivity index (χ3v) is 0.797. The average molecular weight is 164 g/mol. The molecule has 0 aliphatic heterocycles. The molecule has 0 aliphatic rings. The Hall–Kier alpha value is -1.18. The van der Waals surface area contributed by atoms with Gasteiger partial charge in [0.2, 0.25) is 5.91 Å². The highest BCUT2D eigenvalue weighted by Gasteiger charge is 2.34. The van der Waals surface area contributed by atoms with Crippen molar-refractivity contribution in [2.45, 2.75) is 5.91 Å². The fraction of sp³-hybridized carbons (Fsp3) is 0.500. The number of carboxylic acid groups (broad SMARTS) is 1. The van der Waals surface area contributed by atoms with Gasteiger partial charge < -0.3 is 21.1 Å². The van der Waals surface area contributed by atoms with E-state index >= 15 is 0 Å². The molecule has 0 atom stereocenters. The monoisotopic (exact) mass is 164 g/mol. The SMILES string of the molecule is NCC(=O)NC(O)(O)C(=O)O. The van der Waals surface area contributed by atoms with Gasteiger partial charge >= 0.3 is 11.9 Å². The van der Waals surface area contributed by atoms with Crippen LogP contribution in [0.2, 0.25) is 0 Å². The van der Waals surface area contributed by atoms with Crippen molar-refractivity contribution in [2.75, 3.05) is 6.54 Å². The molecule has 0 aliphatic carbocycles. The topological polar surface area (TPSA) is 133 Å². The zero-order valence-electron chi connectivity index (χ0n) is 5.44. The van der Waals surface area contributed by atoms with Gasteiger partial charge in [-0.25, -0.2) is 4.79 Å². The summed E-state index contributed by atoms with van der Waals surface area (Å²) in [7, 11) is 0. The third kappa shape index (κ3) is 2.94. The predicted octanol–water partition coefficient (Wildman–Crippen LogP) is -3.22. The zero-order chi connectivity index (χ0) is 9.07. The van der Waals surface area contributed by atoms with Crippen LogP contribution in [0.4, 0.5) is 0 Å². The van der Waals surface area contributed by atoms with Crippen molar-refractivity contribution in [3.05, 3.63) is 0 Å². The van der Waals surface area contributed by atoms with Crippen LogP contribution in [-0.4, -0.2) is 39.7 Å². The van der Waals surface area contributed by atoms with Crippen molar-refractivity contribution in [3.63, 3.8) is 0 Å². The van der Waals surface area contributed by atoms with Crippen LogP contribution in [-0.2, 0) is 9.59 Å². The molecule has 0 unspecified atom stereocenters. The number of amides is 1. The van der Waals surface area contributed by atoms with E-state index in [1.807, 2.05) is 0 Å². The molecule has 0 saturated carbocycles. The van der Waals surface area contributed by atoms with Gasteiger partial charge in [0.25, 0.3) is 0 Å². The van der Waals surface area contributed by atoms with E-state index in [1.54, 1.807) is 0 Å². The van der Waals surface area contributed by atoms with Crippen LogP contribution < -0.4 is 11.1 Å². The standard InChI is InChI=1S/C4H8N2O5/c5-1-2(7)6-4(10,11)3(8)9/h10-11H,1,5H2,(H,6,7)(H,8,9). The number of carboxylic acids is 1. The van der Waals surface area contributed by atoms with Gasteiger partial charge in [-0.15, -0.1) is 0 Å². The molecule has 0 aromatic rings. The summed E-state index contributed by atoms with van der Waals surface area (Å²) >= 11 is 0. The Morgan fingerprint density at radius 1 is 1.45 bits per heavy atom. The molecule has 0 rings (SSSR count). The number of nitrogens with two attached hydrogens (primary N) is 1. The summed E-state index contributed by atoms with van der Waals surface area (Å²) in [5.41, 5.74) is 4.75. The van der Waals surface area contributed by atoms with Crippen molar-refractivity contribution in [2.24, 2.45) is 5.73 Å². The highest BCUT2D eigenvalue weighted by atomic mass is 16.6. The number of carbonyl (C=O) groups excluding carboxylic acids is 1. The van der Waals surface area contributed by atoms with Gasteiger partial charge in [0.05, 0.1) is 6.54 Å². The molecule has 0 aromatic carbocycles. The third-order valence-electron chi connectivity index (χ3n) is 0.797. The van der Waals surface area contributed by atoms with E-state index in [9.17, 15) is 9.59 Å². The number of rotatable bonds is 3. The first-order chi connectivity index (χ1) is 4.90. The summed E-state index contributed by atoms with van der Waals surface area (Å²) in [6.45, 7) is -0.518. The molecule has 0 heterocycles. The molecule has 7 nitrogen and oxygen atoms in total. The lowest BCUT2D eigenvalue weighted by Crippen LogP contribution is -2.55. The van der Waals surface area contributed by atoms with Gasteiger partial charge in [-0.1, -0.05) is 0 Å². The number of hydrogen-bond donors (Lipinski definition) is 5. The van der Waals surface area contributed by atoms with E-state index < -0.39 is 24.3 Å². The maximum Gasteiger partial charge on any atom is 0.387 e. The van der Waals surface area contributed by atoms with Crippen LogP contribution in [0.25, 0.3) is 0 Å². The molecule has 7 heteroatoms. The average Bonchev–Trinajstić information content (AvgIpc) is 1.86. The van der Waals surface area contributed by atoms with E-state index in [0.29, 0.717) is 0 Å². The summed E-state index contributed by atoms with van der Waals surface area (Å²) in [6, 6.07) is 0. The lowest BCUT2D eigenvalue weighted by Gasteiger charge is -2.16. The van der Waals surface area contributed by atoms with Crippen LogP contribution in [0, 0.1) is 0 Å². The van der Waals surface area contributed by atoms with Crippen LogP contribution in [0.1, 0.15) is 0 Å². The van der Waals surface area contributed by atoms with E-state index in [1.165, 1.54) is 5.32 Å². The molecule has 0 saturated heterocycles.